The van der Waals surface area contributed by atoms with Gasteiger partial charge in [-0.2, -0.15) is 0 Å². The molecule has 1 amide bonds. The molecule has 1 aromatic rings. The highest BCUT2D eigenvalue weighted by Gasteiger charge is 2.29. The van der Waals surface area contributed by atoms with Gasteiger partial charge in [-0.1, -0.05) is 18.9 Å². The van der Waals surface area contributed by atoms with Crippen molar-refractivity contribution in [2.75, 3.05) is 7.05 Å². The summed E-state index contributed by atoms with van der Waals surface area (Å²) in [5.41, 5.74) is 0. The first kappa shape index (κ1) is 12.6. The van der Waals surface area contributed by atoms with Gasteiger partial charge in [0, 0.05) is 11.9 Å². The molecule has 3 nitrogen and oxygen atoms in total. The number of hydrogen-bond donors (Lipinski definition) is 1. The van der Waals surface area contributed by atoms with Crippen LogP contribution in [0.1, 0.15) is 30.6 Å². The fourth-order valence-electron chi connectivity index (χ4n) is 2.42. The van der Waals surface area contributed by atoms with Gasteiger partial charge < -0.3 is 10.0 Å². The average molecular weight is 253 g/mol. The smallest absolute Gasteiger partial charge is 0.227 e. The van der Waals surface area contributed by atoms with Gasteiger partial charge in [-0.15, -0.1) is 11.3 Å². The zero-order valence-electron chi connectivity index (χ0n) is 10.1. The molecule has 4 heteroatoms. The Bertz CT molecular complexity index is 364. The van der Waals surface area contributed by atoms with E-state index in [1.165, 1.54) is 0 Å². The Morgan fingerprint density at radius 1 is 1.53 bits per heavy atom. The second-order valence-corrected chi connectivity index (χ2v) is 5.71. The fraction of sp³-hybridized carbons (Fsp3) is 0.615. The Morgan fingerprint density at radius 2 is 2.29 bits per heavy atom. The van der Waals surface area contributed by atoms with Gasteiger partial charge in [0.1, 0.15) is 0 Å². The number of hydrogen-bond acceptors (Lipinski definition) is 3. The van der Waals surface area contributed by atoms with Crippen LogP contribution in [0.3, 0.4) is 0 Å². The quantitative estimate of drug-likeness (QED) is 0.895. The fourth-order valence-corrected chi connectivity index (χ4v) is 3.11. The molecule has 1 saturated carbocycles. The number of aliphatic hydroxyl groups excluding tert-OH is 1. The molecule has 1 fully saturated rings. The van der Waals surface area contributed by atoms with Gasteiger partial charge in [-0.25, -0.2) is 0 Å². The van der Waals surface area contributed by atoms with Crippen LogP contribution in [0.5, 0.6) is 0 Å². The number of likely N-dealkylation sites (N-methyl/N-ethyl adjacent to an activating group) is 1. The highest BCUT2D eigenvalue weighted by molar-refractivity contribution is 7.10. The van der Waals surface area contributed by atoms with Crippen molar-refractivity contribution < 1.29 is 9.90 Å². The lowest BCUT2D eigenvalue weighted by Gasteiger charge is -2.35. The van der Waals surface area contributed by atoms with Crippen LogP contribution in [0.4, 0.5) is 0 Å². The van der Waals surface area contributed by atoms with E-state index in [1.807, 2.05) is 24.6 Å². The normalized spacial score (nSPS) is 24.6. The lowest BCUT2D eigenvalue weighted by atomic mass is 9.91. The maximum atomic E-state index is 12.1. The third kappa shape index (κ3) is 3.07. The van der Waals surface area contributed by atoms with Gasteiger partial charge in [0.05, 0.1) is 18.6 Å². The third-order valence-corrected chi connectivity index (χ3v) is 4.37. The van der Waals surface area contributed by atoms with Crippen molar-refractivity contribution in [2.45, 2.75) is 44.2 Å². The van der Waals surface area contributed by atoms with Crippen LogP contribution in [-0.4, -0.2) is 35.1 Å². The van der Waals surface area contributed by atoms with E-state index in [0.717, 1.165) is 30.6 Å². The van der Waals surface area contributed by atoms with Crippen LogP contribution in [0.2, 0.25) is 0 Å². The predicted molar refractivity (Wildman–Crippen MR) is 69.1 cm³/mol. The van der Waals surface area contributed by atoms with Crippen LogP contribution in [0.25, 0.3) is 0 Å². The van der Waals surface area contributed by atoms with Gasteiger partial charge in [0.25, 0.3) is 0 Å². The summed E-state index contributed by atoms with van der Waals surface area (Å²) in [7, 11) is 1.81. The summed E-state index contributed by atoms with van der Waals surface area (Å²) >= 11 is 1.61. The van der Waals surface area contributed by atoms with Crippen molar-refractivity contribution in [2.24, 2.45) is 0 Å². The Hall–Kier alpha value is -0.870. The van der Waals surface area contributed by atoms with Crippen molar-refractivity contribution >= 4 is 17.2 Å². The molecule has 2 rings (SSSR count). The van der Waals surface area contributed by atoms with Crippen LogP contribution in [0, 0.1) is 0 Å². The number of thiophene rings is 1. The number of carbonyl (C=O) groups excluding carboxylic acids is 1. The predicted octanol–water partition coefficient (Wildman–Crippen LogP) is 2.05. The summed E-state index contributed by atoms with van der Waals surface area (Å²) in [5.74, 6) is 0.110. The molecule has 2 atom stereocenters. The minimum Gasteiger partial charge on any atom is -0.391 e. The largest absolute Gasteiger partial charge is 0.391 e. The molecule has 0 bridgehead atoms. The van der Waals surface area contributed by atoms with Gasteiger partial charge in [0.2, 0.25) is 5.91 Å². The van der Waals surface area contributed by atoms with E-state index in [0.29, 0.717) is 6.42 Å². The lowest BCUT2D eigenvalue weighted by Crippen LogP contribution is -2.46. The summed E-state index contributed by atoms with van der Waals surface area (Å²) in [5, 5.41) is 11.9. The number of rotatable bonds is 3. The van der Waals surface area contributed by atoms with Crippen molar-refractivity contribution in [1.29, 1.82) is 0 Å². The topological polar surface area (TPSA) is 40.5 Å². The Morgan fingerprint density at radius 3 is 2.94 bits per heavy atom. The summed E-state index contributed by atoms with van der Waals surface area (Å²) in [4.78, 5) is 14.9. The van der Waals surface area contributed by atoms with Crippen molar-refractivity contribution in [3.63, 3.8) is 0 Å². The zero-order valence-corrected chi connectivity index (χ0v) is 10.9. The first-order valence-corrected chi connectivity index (χ1v) is 7.02. The molecule has 1 aliphatic rings. The molecule has 0 aliphatic heterocycles. The molecule has 0 radical (unpaired) electrons. The Balaban J connectivity index is 1.94. The van der Waals surface area contributed by atoms with Crippen LogP contribution >= 0.6 is 11.3 Å². The molecule has 1 aromatic heterocycles. The van der Waals surface area contributed by atoms with E-state index in [4.69, 9.17) is 0 Å². The van der Waals surface area contributed by atoms with Gasteiger partial charge in [-0.3, -0.25) is 4.79 Å². The van der Waals surface area contributed by atoms with Crippen molar-refractivity contribution in [3.8, 4) is 0 Å². The molecule has 1 heterocycles. The first-order valence-electron chi connectivity index (χ1n) is 6.14. The Labute approximate surface area is 106 Å². The van der Waals surface area contributed by atoms with Crippen molar-refractivity contribution in [1.82, 2.24) is 4.90 Å². The Kier molecular flexibility index (Phi) is 4.18. The summed E-state index contributed by atoms with van der Waals surface area (Å²) in [6.07, 6.45) is 4.04. The molecular formula is C13H19NO2S. The van der Waals surface area contributed by atoms with E-state index < -0.39 is 0 Å². The number of aliphatic hydroxyl groups is 1. The van der Waals surface area contributed by atoms with E-state index in [9.17, 15) is 9.90 Å². The summed E-state index contributed by atoms with van der Waals surface area (Å²) < 4.78 is 0. The second kappa shape index (κ2) is 5.65. The number of amides is 1. The van der Waals surface area contributed by atoms with Crippen molar-refractivity contribution in [3.05, 3.63) is 22.4 Å². The molecule has 0 saturated heterocycles. The highest BCUT2D eigenvalue weighted by atomic mass is 32.1. The standard InChI is InChI=1S/C13H19NO2S/c1-14(11-6-2-3-7-12(11)15)13(16)9-10-5-4-8-17-10/h4-5,8,11-12,15H,2-3,6-7,9H2,1H3/t11-,12+/m1/s1. The molecule has 1 aliphatic carbocycles. The van der Waals surface area contributed by atoms with E-state index in [-0.39, 0.29) is 18.1 Å². The van der Waals surface area contributed by atoms with Gasteiger partial charge >= 0.3 is 0 Å². The highest BCUT2D eigenvalue weighted by Crippen LogP contribution is 2.23. The van der Waals surface area contributed by atoms with Gasteiger partial charge in [-0.05, 0) is 24.3 Å². The number of nitrogens with zero attached hydrogens (tertiary/aromatic N) is 1. The third-order valence-electron chi connectivity index (χ3n) is 3.49. The van der Waals surface area contributed by atoms with Gasteiger partial charge in [0.15, 0.2) is 0 Å². The molecule has 94 valence electrons. The van der Waals surface area contributed by atoms with Crippen LogP contribution < -0.4 is 0 Å². The SMILES string of the molecule is CN(C(=O)Cc1cccs1)[C@@H]1CCCC[C@@H]1O. The molecule has 0 aromatic carbocycles. The minimum atomic E-state index is -0.346. The van der Waals surface area contributed by atoms with Crippen LogP contribution in [0.15, 0.2) is 17.5 Å². The lowest BCUT2D eigenvalue weighted by molar-refractivity contribution is -0.134. The van der Waals surface area contributed by atoms with E-state index >= 15 is 0 Å². The van der Waals surface area contributed by atoms with E-state index in [1.54, 1.807) is 16.2 Å². The van der Waals surface area contributed by atoms with Crippen LogP contribution in [-0.2, 0) is 11.2 Å². The molecule has 0 unspecified atom stereocenters. The van der Waals surface area contributed by atoms with E-state index in [2.05, 4.69) is 0 Å². The minimum absolute atomic E-state index is 0.0104. The molecule has 1 N–H and O–H groups in total. The molecule has 0 spiro atoms. The monoisotopic (exact) mass is 253 g/mol. The maximum absolute atomic E-state index is 12.1. The molecular weight excluding hydrogens is 234 g/mol. The summed E-state index contributed by atoms with van der Waals surface area (Å²) in [6, 6.07) is 3.95. The second-order valence-electron chi connectivity index (χ2n) is 4.68. The zero-order chi connectivity index (χ0) is 12.3. The molecule has 17 heavy (non-hydrogen) atoms. The number of carbonyl (C=O) groups is 1. The first-order chi connectivity index (χ1) is 8.18. The maximum Gasteiger partial charge on any atom is 0.227 e. The average Bonchev–Trinajstić information content (AvgIpc) is 2.81. The summed E-state index contributed by atoms with van der Waals surface area (Å²) in [6.45, 7) is 0.